The number of rotatable bonds is 9. The van der Waals surface area contributed by atoms with Gasteiger partial charge in [0.25, 0.3) is 5.91 Å². The minimum Gasteiger partial charge on any atom is -0.478 e. The summed E-state index contributed by atoms with van der Waals surface area (Å²) in [6.07, 6.45) is -1.35. The number of amides is 2. The highest BCUT2D eigenvalue weighted by atomic mass is 32.2. The van der Waals surface area contributed by atoms with Gasteiger partial charge in [0.15, 0.2) is 0 Å². The molecule has 2 saturated heterocycles. The Morgan fingerprint density at radius 1 is 1.28 bits per heavy atom. The van der Waals surface area contributed by atoms with Crippen LogP contribution in [0.1, 0.15) is 12.0 Å². The predicted octanol–water partition coefficient (Wildman–Crippen LogP) is -0.376. The number of carbonyl (C=O) groups is 4. The summed E-state index contributed by atoms with van der Waals surface area (Å²) in [5.74, 6) is -2.93. The molecule has 2 fully saturated rings. The number of ketones is 1. The number of aliphatic carboxylic acids is 1. The van der Waals surface area contributed by atoms with E-state index >= 15 is 0 Å². The molecule has 29 heavy (non-hydrogen) atoms. The number of carboxylic acids is 1. The third-order valence-electron chi connectivity index (χ3n) is 4.87. The van der Waals surface area contributed by atoms with E-state index < -0.39 is 35.4 Å². The van der Waals surface area contributed by atoms with Crippen molar-refractivity contribution in [3.8, 4) is 0 Å². The van der Waals surface area contributed by atoms with Crippen LogP contribution < -0.4 is 5.32 Å². The van der Waals surface area contributed by atoms with Gasteiger partial charge in [0.2, 0.25) is 12.1 Å². The van der Waals surface area contributed by atoms with Crippen LogP contribution in [-0.2, 0) is 30.3 Å². The number of ether oxygens (including phenoxy) is 1. The molecule has 0 radical (unpaired) electrons. The first kappa shape index (κ1) is 21.3. The lowest BCUT2D eigenvalue weighted by Crippen LogP contribution is -2.73. The largest absolute Gasteiger partial charge is 0.478 e. The normalized spacial score (nSPS) is 24.7. The first-order chi connectivity index (χ1) is 13.9. The Labute approximate surface area is 171 Å². The number of carbonyl (C=O) groups excluding carboxylic acids is 3. The second kappa shape index (κ2) is 9.38. The van der Waals surface area contributed by atoms with Gasteiger partial charge in [0.05, 0.1) is 18.8 Å². The van der Waals surface area contributed by atoms with Crippen LogP contribution in [0, 0.1) is 5.92 Å². The summed E-state index contributed by atoms with van der Waals surface area (Å²) in [5.41, 5.74) is 0.764. The van der Waals surface area contributed by atoms with Crippen LogP contribution in [-0.4, -0.2) is 75.3 Å². The van der Waals surface area contributed by atoms with Crippen molar-refractivity contribution in [3.05, 3.63) is 35.9 Å². The Morgan fingerprint density at radius 3 is 2.62 bits per heavy atom. The van der Waals surface area contributed by atoms with E-state index in [0.29, 0.717) is 19.6 Å². The summed E-state index contributed by atoms with van der Waals surface area (Å²) < 4.78 is 5.19. The topological polar surface area (TPSA) is 133 Å². The SMILES string of the molecule is O=C(Cc1ccccc1)N[C@@H]1C(=O)N([C@@H](O)C(=O)O)[C@@H]1SCC(=O)[C@@H]1CCOC1. The van der Waals surface area contributed by atoms with Crippen molar-refractivity contribution in [2.24, 2.45) is 5.92 Å². The minimum absolute atomic E-state index is 0.0276. The fourth-order valence-corrected chi connectivity index (χ4v) is 4.58. The zero-order chi connectivity index (χ0) is 21.0. The van der Waals surface area contributed by atoms with Crippen LogP contribution in [0.25, 0.3) is 0 Å². The molecule has 0 aliphatic carbocycles. The van der Waals surface area contributed by atoms with E-state index in [1.807, 2.05) is 6.07 Å². The summed E-state index contributed by atoms with van der Waals surface area (Å²) in [4.78, 5) is 48.9. The second-order valence-corrected chi connectivity index (χ2v) is 8.00. The van der Waals surface area contributed by atoms with Crippen LogP contribution in [0.3, 0.4) is 0 Å². The van der Waals surface area contributed by atoms with Crippen LogP contribution in [0.2, 0.25) is 0 Å². The highest BCUT2D eigenvalue weighted by Gasteiger charge is 2.53. The molecule has 9 nitrogen and oxygen atoms in total. The number of β-lactam (4-membered cyclic amide) rings is 1. The number of aliphatic hydroxyl groups is 1. The van der Waals surface area contributed by atoms with Crippen molar-refractivity contribution in [2.75, 3.05) is 19.0 Å². The molecule has 0 spiro atoms. The van der Waals surface area contributed by atoms with Crippen LogP contribution in [0.15, 0.2) is 30.3 Å². The Kier molecular flexibility index (Phi) is 6.88. The standard InChI is InChI=1S/C19H22N2O7S/c22-13(12-6-7-28-9-12)10-29-18-15(16(24)21(18)17(25)19(26)27)20-14(23)8-11-4-2-1-3-5-11/h1-5,12,15,17-18,25H,6-10H2,(H,20,23)(H,26,27)/t12-,15-,17+,18-/m1/s1. The van der Waals surface area contributed by atoms with Crippen molar-refractivity contribution in [1.82, 2.24) is 10.2 Å². The fraction of sp³-hybridized carbons (Fsp3) is 0.474. The van der Waals surface area contributed by atoms with Crippen molar-refractivity contribution >= 4 is 35.3 Å². The molecule has 3 rings (SSSR count). The molecule has 0 saturated carbocycles. The number of benzene rings is 1. The number of nitrogens with zero attached hydrogens (tertiary/aromatic N) is 1. The van der Waals surface area contributed by atoms with Gasteiger partial charge in [-0.3, -0.25) is 19.3 Å². The zero-order valence-corrected chi connectivity index (χ0v) is 16.3. The van der Waals surface area contributed by atoms with E-state index in [-0.39, 0.29) is 23.9 Å². The number of carboxylic acid groups (broad SMARTS) is 1. The average molecular weight is 422 g/mol. The quantitative estimate of drug-likeness (QED) is 0.459. The number of aliphatic hydroxyl groups excluding tert-OH is 1. The summed E-state index contributed by atoms with van der Waals surface area (Å²) >= 11 is 1.03. The van der Waals surface area contributed by atoms with E-state index in [0.717, 1.165) is 22.2 Å². The third kappa shape index (κ3) is 4.95. The average Bonchev–Trinajstić information content (AvgIpc) is 3.24. The van der Waals surface area contributed by atoms with E-state index in [1.54, 1.807) is 24.3 Å². The number of hydrogen-bond acceptors (Lipinski definition) is 7. The second-order valence-electron chi connectivity index (χ2n) is 6.89. The van der Waals surface area contributed by atoms with Gasteiger partial charge in [-0.25, -0.2) is 4.79 Å². The lowest BCUT2D eigenvalue weighted by atomic mass is 10.1. The van der Waals surface area contributed by atoms with Crippen LogP contribution in [0.5, 0.6) is 0 Å². The molecule has 0 bridgehead atoms. The van der Waals surface area contributed by atoms with Gasteiger partial charge in [-0.1, -0.05) is 30.3 Å². The van der Waals surface area contributed by atoms with Crippen LogP contribution in [0.4, 0.5) is 0 Å². The predicted molar refractivity (Wildman–Crippen MR) is 103 cm³/mol. The van der Waals surface area contributed by atoms with E-state index in [9.17, 15) is 24.3 Å². The number of likely N-dealkylation sites (tertiary alicyclic amines) is 1. The molecule has 3 N–H and O–H groups in total. The molecule has 1 aromatic rings. The lowest BCUT2D eigenvalue weighted by Gasteiger charge is -2.47. The first-order valence-corrected chi connectivity index (χ1v) is 10.2. The van der Waals surface area contributed by atoms with Crippen LogP contribution >= 0.6 is 11.8 Å². The smallest absolute Gasteiger partial charge is 0.354 e. The molecule has 156 valence electrons. The van der Waals surface area contributed by atoms with Gasteiger partial charge in [0, 0.05) is 12.5 Å². The molecule has 10 heteroatoms. The number of Topliss-reactive ketones (excluding diaryl/α,β-unsaturated/α-hetero) is 1. The van der Waals surface area contributed by atoms with Crippen molar-refractivity contribution in [3.63, 3.8) is 0 Å². The van der Waals surface area contributed by atoms with Crippen molar-refractivity contribution in [2.45, 2.75) is 30.5 Å². The molecule has 2 heterocycles. The molecule has 2 aliphatic heterocycles. The summed E-state index contributed by atoms with van der Waals surface area (Å²) in [6.45, 7) is 0.868. The van der Waals surface area contributed by atoms with Gasteiger partial charge >= 0.3 is 5.97 Å². The number of thioether (sulfide) groups is 1. The Bertz CT molecular complexity index is 782. The molecule has 0 aromatic heterocycles. The summed E-state index contributed by atoms with van der Waals surface area (Å²) in [7, 11) is 0. The van der Waals surface area contributed by atoms with Gasteiger partial charge in [0.1, 0.15) is 17.2 Å². The summed E-state index contributed by atoms with van der Waals surface area (Å²) in [6, 6.07) is 7.95. The Balaban J connectivity index is 1.63. The minimum atomic E-state index is -2.04. The summed E-state index contributed by atoms with van der Waals surface area (Å²) in [5, 5.41) is 20.6. The molecule has 1 aromatic carbocycles. The molecule has 4 atom stereocenters. The van der Waals surface area contributed by atoms with Crippen molar-refractivity contribution < 1.29 is 34.1 Å². The van der Waals surface area contributed by atoms with Gasteiger partial charge < -0.3 is 20.3 Å². The lowest BCUT2D eigenvalue weighted by molar-refractivity contribution is -0.178. The number of nitrogens with one attached hydrogen (secondary N) is 1. The van der Waals surface area contributed by atoms with Gasteiger partial charge in [-0.05, 0) is 12.0 Å². The number of hydrogen-bond donors (Lipinski definition) is 3. The molecular formula is C19H22N2O7S. The fourth-order valence-electron chi connectivity index (χ4n) is 3.25. The molecule has 2 amide bonds. The highest BCUT2D eigenvalue weighted by molar-refractivity contribution is 8.00. The first-order valence-electron chi connectivity index (χ1n) is 9.17. The zero-order valence-electron chi connectivity index (χ0n) is 15.5. The molecule has 0 unspecified atom stereocenters. The maximum Gasteiger partial charge on any atom is 0.354 e. The molecular weight excluding hydrogens is 400 g/mol. The molecule has 2 aliphatic rings. The van der Waals surface area contributed by atoms with E-state index in [1.165, 1.54) is 0 Å². The maximum absolute atomic E-state index is 12.4. The Morgan fingerprint density at radius 2 is 2.00 bits per heavy atom. The van der Waals surface area contributed by atoms with Gasteiger partial charge in [-0.2, -0.15) is 0 Å². The monoisotopic (exact) mass is 422 g/mol. The maximum atomic E-state index is 12.4. The Hall–Kier alpha value is -2.43. The third-order valence-corrected chi connectivity index (χ3v) is 6.16. The highest BCUT2D eigenvalue weighted by Crippen LogP contribution is 2.33. The van der Waals surface area contributed by atoms with Crippen molar-refractivity contribution in [1.29, 1.82) is 0 Å². The van der Waals surface area contributed by atoms with Gasteiger partial charge in [-0.15, -0.1) is 11.8 Å². The van der Waals surface area contributed by atoms with E-state index in [4.69, 9.17) is 9.84 Å². The van der Waals surface area contributed by atoms with E-state index in [2.05, 4.69) is 5.32 Å².